The summed E-state index contributed by atoms with van der Waals surface area (Å²) in [5, 5.41) is 39.2. The van der Waals surface area contributed by atoms with Crippen LogP contribution in [0.15, 0.2) is 120 Å². The smallest absolute Gasteiger partial charge is 0.136 e. The first-order chi connectivity index (χ1) is 21.4. The van der Waals surface area contributed by atoms with Crippen LogP contribution in [0.3, 0.4) is 0 Å². The lowest BCUT2D eigenvalue weighted by molar-refractivity contribution is 0.420. The zero-order chi connectivity index (χ0) is 30.1. The van der Waals surface area contributed by atoms with E-state index in [9.17, 15) is 15.3 Å². The van der Waals surface area contributed by atoms with Gasteiger partial charge >= 0.3 is 0 Å². The Balaban J connectivity index is 1.59. The third-order valence-corrected chi connectivity index (χ3v) is 8.93. The van der Waals surface area contributed by atoms with Gasteiger partial charge in [0.1, 0.15) is 28.4 Å². The van der Waals surface area contributed by atoms with Crippen LogP contribution >= 0.6 is 0 Å². The number of benzene rings is 7. The van der Waals surface area contributed by atoms with Crippen molar-refractivity contribution >= 4 is 43.5 Å². The van der Waals surface area contributed by atoms with Gasteiger partial charge in [0.25, 0.3) is 0 Å². The lowest BCUT2D eigenvalue weighted by Gasteiger charge is -2.21. The van der Waals surface area contributed by atoms with Crippen LogP contribution in [0.5, 0.6) is 17.2 Å². The van der Waals surface area contributed by atoms with Crippen LogP contribution in [0.1, 0.15) is 11.1 Å². The van der Waals surface area contributed by atoms with Gasteiger partial charge < -0.3 is 19.7 Å². The third-order valence-electron chi connectivity index (χ3n) is 8.93. The number of para-hydroxylation sites is 1. The van der Waals surface area contributed by atoms with Gasteiger partial charge in [-0.15, -0.1) is 0 Å². The normalized spacial score (nSPS) is 11.7. The molecule has 0 aliphatic carbocycles. The minimum Gasteiger partial charge on any atom is -0.507 e. The Morgan fingerprint density at radius 3 is 1.52 bits per heavy atom. The summed E-state index contributed by atoms with van der Waals surface area (Å²) in [4.78, 5) is 0. The second-order valence-corrected chi connectivity index (χ2v) is 11.4. The molecule has 7 aromatic carbocycles. The summed E-state index contributed by atoms with van der Waals surface area (Å²) in [5.41, 5.74) is 7.53. The first kappa shape index (κ1) is 25.9. The van der Waals surface area contributed by atoms with Crippen molar-refractivity contribution in [1.29, 1.82) is 0 Å². The van der Waals surface area contributed by atoms with Crippen LogP contribution in [0.4, 0.5) is 0 Å². The predicted molar refractivity (Wildman–Crippen MR) is 180 cm³/mol. The highest BCUT2D eigenvalue weighted by Gasteiger charge is 2.26. The minimum absolute atomic E-state index is 0.110. The van der Waals surface area contributed by atoms with E-state index in [0.29, 0.717) is 22.3 Å². The van der Waals surface area contributed by atoms with E-state index < -0.39 is 0 Å². The predicted octanol–water partition coefficient (Wildman–Crippen LogP) is 10.6. The van der Waals surface area contributed by atoms with E-state index in [4.69, 9.17) is 4.42 Å². The topological polar surface area (TPSA) is 73.8 Å². The monoisotopic (exact) mass is 572 g/mol. The van der Waals surface area contributed by atoms with Crippen molar-refractivity contribution in [3.63, 3.8) is 0 Å². The van der Waals surface area contributed by atoms with Crippen molar-refractivity contribution in [2.24, 2.45) is 0 Å². The molecule has 4 nitrogen and oxygen atoms in total. The largest absolute Gasteiger partial charge is 0.507 e. The average Bonchev–Trinajstić information content (AvgIpc) is 3.45. The van der Waals surface area contributed by atoms with Gasteiger partial charge in [0.2, 0.25) is 0 Å². The lowest BCUT2D eigenvalue weighted by Crippen LogP contribution is -1.95. The van der Waals surface area contributed by atoms with Crippen molar-refractivity contribution in [1.82, 2.24) is 0 Å². The molecule has 0 saturated carbocycles. The van der Waals surface area contributed by atoms with Gasteiger partial charge in [-0.1, -0.05) is 97.1 Å². The number of phenolic OH excluding ortho intramolecular Hbond substituents is 3. The minimum atomic E-state index is -0.136. The van der Waals surface area contributed by atoms with Crippen LogP contribution in [0, 0.1) is 13.8 Å². The Morgan fingerprint density at radius 1 is 0.432 bits per heavy atom. The second-order valence-electron chi connectivity index (χ2n) is 11.4. The molecule has 0 aliphatic heterocycles. The number of aromatic hydroxyl groups is 3. The summed E-state index contributed by atoms with van der Waals surface area (Å²) < 4.78 is 6.47. The van der Waals surface area contributed by atoms with E-state index in [2.05, 4.69) is 42.5 Å². The van der Waals surface area contributed by atoms with Crippen molar-refractivity contribution in [3.05, 3.63) is 126 Å². The van der Waals surface area contributed by atoms with Crippen molar-refractivity contribution in [2.45, 2.75) is 13.8 Å². The van der Waals surface area contributed by atoms with Crippen molar-refractivity contribution < 1.29 is 19.7 Å². The molecule has 3 N–H and O–H groups in total. The number of phenols is 3. The molecule has 1 heterocycles. The fourth-order valence-electron chi connectivity index (χ4n) is 6.77. The quantitative estimate of drug-likeness (QED) is 0.184. The second kappa shape index (κ2) is 9.65. The molecule has 0 spiro atoms. The highest BCUT2D eigenvalue weighted by atomic mass is 16.3. The molecule has 8 aromatic rings. The Labute approximate surface area is 253 Å². The molecule has 0 atom stereocenters. The number of rotatable bonds is 3. The highest BCUT2D eigenvalue weighted by molar-refractivity contribution is 6.26. The lowest BCUT2D eigenvalue weighted by atomic mass is 9.83. The number of hydrogen-bond donors (Lipinski definition) is 3. The molecule has 0 bridgehead atoms. The van der Waals surface area contributed by atoms with Gasteiger partial charge in [0, 0.05) is 27.5 Å². The summed E-state index contributed by atoms with van der Waals surface area (Å²) >= 11 is 0. The molecule has 44 heavy (non-hydrogen) atoms. The summed E-state index contributed by atoms with van der Waals surface area (Å²) in [6.45, 7) is 3.32. The van der Waals surface area contributed by atoms with E-state index in [1.807, 2.05) is 72.8 Å². The molecule has 0 fully saturated rings. The molecular weight excluding hydrogens is 544 g/mol. The maximum absolute atomic E-state index is 11.4. The standard InChI is InChI=1S/C40H28O4/c1-22-38(41)23(2)40(43)37(39(22)42)36-28-16-8-6-14-26(28)34(27-15-7-9-17-29(27)36)31-20-25(24-12-4-3-5-13-24)21-33-35(31)30-18-10-11-19-32(30)44-33/h3-21,41-43H,1-2H3. The van der Waals surface area contributed by atoms with Crippen LogP contribution < -0.4 is 0 Å². The summed E-state index contributed by atoms with van der Waals surface area (Å²) in [7, 11) is 0. The number of furan rings is 1. The Morgan fingerprint density at radius 2 is 0.932 bits per heavy atom. The summed E-state index contributed by atoms with van der Waals surface area (Å²) in [6.07, 6.45) is 0. The summed E-state index contributed by atoms with van der Waals surface area (Å²) in [6, 6.07) is 39.0. The molecule has 8 rings (SSSR count). The number of fused-ring (bicyclic) bond motifs is 5. The summed E-state index contributed by atoms with van der Waals surface area (Å²) in [5.74, 6) is -0.383. The molecule has 0 aliphatic rings. The molecule has 4 heteroatoms. The molecule has 212 valence electrons. The molecule has 0 radical (unpaired) electrons. The zero-order valence-corrected chi connectivity index (χ0v) is 24.2. The van der Waals surface area contributed by atoms with Gasteiger partial charge in [-0.3, -0.25) is 0 Å². The van der Waals surface area contributed by atoms with Gasteiger partial charge in [-0.25, -0.2) is 0 Å². The molecule has 0 unspecified atom stereocenters. The van der Waals surface area contributed by atoms with Crippen molar-refractivity contribution in [3.8, 4) is 50.6 Å². The maximum Gasteiger partial charge on any atom is 0.136 e. The first-order valence-corrected chi connectivity index (χ1v) is 14.6. The fourth-order valence-corrected chi connectivity index (χ4v) is 6.77. The van der Waals surface area contributed by atoms with E-state index in [1.165, 1.54) is 0 Å². The Kier molecular flexibility index (Phi) is 5.69. The zero-order valence-electron chi connectivity index (χ0n) is 24.2. The highest BCUT2D eigenvalue weighted by Crippen LogP contribution is 2.53. The van der Waals surface area contributed by atoms with E-state index in [0.717, 1.165) is 65.7 Å². The Hall–Kier alpha value is -5.74. The van der Waals surface area contributed by atoms with E-state index in [-0.39, 0.29) is 17.2 Å². The van der Waals surface area contributed by atoms with Crippen LogP contribution in [0.2, 0.25) is 0 Å². The molecule has 1 aromatic heterocycles. The third kappa shape index (κ3) is 3.64. The molecular formula is C40H28O4. The van der Waals surface area contributed by atoms with Crippen LogP contribution in [-0.2, 0) is 0 Å². The number of hydrogen-bond acceptors (Lipinski definition) is 4. The fraction of sp³-hybridized carbons (Fsp3) is 0.0500. The van der Waals surface area contributed by atoms with Gasteiger partial charge in [-0.2, -0.15) is 0 Å². The first-order valence-electron chi connectivity index (χ1n) is 14.6. The van der Waals surface area contributed by atoms with E-state index >= 15 is 0 Å². The van der Waals surface area contributed by atoms with E-state index in [1.54, 1.807) is 13.8 Å². The van der Waals surface area contributed by atoms with Gasteiger partial charge in [0.15, 0.2) is 0 Å². The maximum atomic E-state index is 11.4. The SMILES string of the molecule is Cc1c(O)c(C)c(O)c(-c2c3ccccc3c(-c3cc(-c4ccccc4)cc4oc5ccccc5c34)c3ccccc23)c1O. The average molecular weight is 573 g/mol. The van der Waals surface area contributed by atoms with Crippen molar-refractivity contribution in [2.75, 3.05) is 0 Å². The van der Waals surface area contributed by atoms with Crippen LogP contribution in [-0.4, -0.2) is 15.3 Å². The van der Waals surface area contributed by atoms with Gasteiger partial charge in [0.05, 0.1) is 5.56 Å². The van der Waals surface area contributed by atoms with Crippen LogP contribution in [0.25, 0.3) is 76.9 Å². The van der Waals surface area contributed by atoms with Gasteiger partial charge in [-0.05, 0) is 75.8 Å². The Bertz CT molecular complexity index is 2350. The molecule has 0 saturated heterocycles. The molecule has 0 amide bonds.